The van der Waals surface area contributed by atoms with E-state index in [4.69, 9.17) is 0 Å². The zero-order valence-corrected chi connectivity index (χ0v) is 10.5. The topological polar surface area (TPSA) is 35.6 Å². The van der Waals surface area contributed by atoms with Crippen molar-refractivity contribution in [2.24, 2.45) is 0 Å². The van der Waals surface area contributed by atoms with Crippen LogP contribution in [-0.4, -0.2) is 49.7 Å². The van der Waals surface area contributed by atoms with E-state index in [-0.39, 0.29) is 5.91 Å². The Morgan fingerprint density at radius 2 is 1.73 bits per heavy atom. The summed E-state index contributed by atoms with van der Waals surface area (Å²) in [4.78, 5) is 11.7. The number of hydrazine groups is 1. The molecule has 0 heterocycles. The molecule has 0 fully saturated rings. The second-order valence-corrected chi connectivity index (χ2v) is 3.72. The van der Waals surface area contributed by atoms with Gasteiger partial charge in [-0.1, -0.05) is 13.8 Å². The Morgan fingerprint density at radius 3 is 2.13 bits per heavy atom. The summed E-state index contributed by atoms with van der Waals surface area (Å²) in [7, 11) is 3.73. The maximum Gasteiger partial charge on any atom is 0.237 e. The van der Waals surface area contributed by atoms with Gasteiger partial charge in [0.05, 0.1) is 0 Å². The van der Waals surface area contributed by atoms with Crippen LogP contribution in [0.15, 0.2) is 0 Å². The Labute approximate surface area is 93.6 Å². The van der Waals surface area contributed by atoms with Crippen molar-refractivity contribution in [3.05, 3.63) is 0 Å². The van der Waals surface area contributed by atoms with Crippen molar-refractivity contribution in [1.29, 1.82) is 0 Å². The highest BCUT2D eigenvalue weighted by Crippen LogP contribution is 2.01. The third-order valence-corrected chi connectivity index (χ3v) is 2.34. The number of rotatable bonds is 8. The van der Waals surface area contributed by atoms with Crippen LogP contribution in [0, 0.1) is 0 Å². The molecular formula is C11H25N3O. The van der Waals surface area contributed by atoms with E-state index in [0.717, 1.165) is 32.5 Å². The van der Waals surface area contributed by atoms with Crippen LogP contribution < -0.4 is 5.32 Å². The van der Waals surface area contributed by atoms with Crippen molar-refractivity contribution in [2.45, 2.75) is 33.1 Å². The average Bonchev–Trinajstić information content (AvgIpc) is 2.24. The lowest BCUT2D eigenvalue weighted by Gasteiger charge is -2.31. The molecule has 0 spiro atoms. The van der Waals surface area contributed by atoms with Gasteiger partial charge in [0.1, 0.15) is 0 Å². The van der Waals surface area contributed by atoms with Gasteiger partial charge in [-0.15, -0.1) is 0 Å². The Kier molecular flexibility index (Phi) is 8.33. The van der Waals surface area contributed by atoms with Crippen molar-refractivity contribution in [2.75, 3.05) is 33.7 Å². The standard InChI is InChI=1S/C11H25N3O/c1-5-9-14(10-6-2)13(4)11(15)7-8-12-3/h12H,5-10H2,1-4H3. The Bertz CT molecular complexity index is 167. The second-order valence-electron chi connectivity index (χ2n) is 3.72. The molecule has 0 saturated carbocycles. The van der Waals surface area contributed by atoms with E-state index in [1.54, 1.807) is 5.01 Å². The van der Waals surface area contributed by atoms with Gasteiger partial charge in [0.2, 0.25) is 5.91 Å². The molecule has 4 heteroatoms. The SMILES string of the molecule is CCCN(CCC)N(C)C(=O)CCNC. The number of hydrogen-bond acceptors (Lipinski definition) is 3. The van der Waals surface area contributed by atoms with Gasteiger partial charge in [-0.2, -0.15) is 0 Å². The third kappa shape index (κ3) is 5.74. The van der Waals surface area contributed by atoms with E-state index in [0.29, 0.717) is 6.42 Å². The van der Waals surface area contributed by atoms with Crippen molar-refractivity contribution in [3.8, 4) is 0 Å². The summed E-state index contributed by atoms with van der Waals surface area (Å²) in [5, 5.41) is 6.88. The second kappa shape index (κ2) is 8.68. The molecule has 90 valence electrons. The van der Waals surface area contributed by atoms with Gasteiger partial charge in [0, 0.05) is 33.1 Å². The van der Waals surface area contributed by atoms with E-state index >= 15 is 0 Å². The lowest BCUT2D eigenvalue weighted by molar-refractivity contribution is -0.145. The molecule has 0 aliphatic carbocycles. The highest BCUT2D eigenvalue weighted by atomic mass is 16.2. The molecule has 0 aliphatic heterocycles. The fourth-order valence-electron chi connectivity index (χ4n) is 1.48. The molecule has 1 N–H and O–H groups in total. The zero-order valence-electron chi connectivity index (χ0n) is 10.5. The first-order chi connectivity index (χ1) is 7.17. The van der Waals surface area contributed by atoms with Crippen LogP contribution >= 0.6 is 0 Å². The summed E-state index contributed by atoms with van der Waals surface area (Å²) in [5.41, 5.74) is 0. The summed E-state index contributed by atoms with van der Waals surface area (Å²) >= 11 is 0. The van der Waals surface area contributed by atoms with E-state index in [2.05, 4.69) is 24.2 Å². The van der Waals surface area contributed by atoms with Gasteiger partial charge < -0.3 is 5.32 Å². The minimum atomic E-state index is 0.186. The molecule has 0 aromatic heterocycles. The van der Waals surface area contributed by atoms with Crippen LogP contribution in [0.5, 0.6) is 0 Å². The van der Waals surface area contributed by atoms with E-state index in [1.807, 2.05) is 14.1 Å². The zero-order chi connectivity index (χ0) is 11.7. The third-order valence-electron chi connectivity index (χ3n) is 2.34. The average molecular weight is 215 g/mol. The van der Waals surface area contributed by atoms with Crippen molar-refractivity contribution >= 4 is 5.91 Å². The summed E-state index contributed by atoms with van der Waals surface area (Å²) in [6.45, 7) is 6.92. The number of carbonyl (C=O) groups excluding carboxylic acids is 1. The van der Waals surface area contributed by atoms with Crippen LogP contribution in [0.3, 0.4) is 0 Å². The predicted octanol–water partition coefficient (Wildman–Crippen LogP) is 1.09. The Hall–Kier alpha value is -0.610. The minimum Gasteiger partial charge on any atom is -0.319 e. The normalized spacial score (nSPS) is 10.7. The molecule has 0 rings (SSSR count). The van der Waals surface area contributed by atoms with E-state index in [1.165, 1.54) is 0 Å². The molecule has 0 bridgehead atoms. The molecule has 4 nitrogen and oxygen atoms in total. The molecule has 15 heavy (non-hydrogen) atoms. The monoisotopic (exact) mass is 215 g/mol. The molecule has 0 unspecified atom stereocenters. The Balaban J connectivity index is 4.08. The van der Waals surface area contributed by atoms with Gasteiger partial charge in [0.15, 0.2) is 0 Å². The molecule has 0 saturated heterocycles. The van der Waals surface area contributed by atoms with Crippen LogP contribution in [0.25, 0.3) is 0 Å². The molecule has 0 atom stereocenters. The highest BCUT2D eigenvalue weighted by Gasteiger charge is 2.14. The van der Waals surface area contributed by atoms with Gasteiger partial charge >= 0.3 is 0 Å². The fourth-order valence-corrected chi connectivity index (χ4v) is 1.48. The van der Waals surface area contributed by atoms with Crippen LogP contribution in [0.1, 0.15) is 33.1 Å². The summed E-state index contributed by atoms with van der Waals surface area (Å²) in [6, 6.07) is 0. The molecule has 0 aliphatic rings. The van der Waals surface area contributed by atoms with Gasteiger partial charge in [-0.05, 0) is 19.9 Å². The smallest absolute Gasteiger partial charge is 0.237 e. The fraction of sp³-hybridized carbons (Fsp3) is 0.909. The first-order valence-corrected chi connectivity index (χ1v) is 5.83. The number of carbonyl (C=O) groups is 1. The summed E-state index contributed by atoms with van der Waals surface area (Å²) < 4.78 is 0. The van der Waals surface area contributed by atoms with Crippen molar-refractivity contribution in [1.82, 2.24) is 15.3 Å². The van der Waals surface area contributed by atoms with E-state index in [9.17, 15) is 4.79 Å². The van der Waals surface area contributed by atoms with Crippen LogP contribution in [0.2, 0.25) is 0 Å². The molecule has 1 amide bonds. The van der Waals surface area contributed by atoms with E-state index < -0.39 is 0 Å². The van der Waals surface area contributed by atoms with Gasteiger partial charge in [0.25, 0.3) is 0 Å². The molecule has 0 aromatic rings. The van der Waals surface area contributed by atoms with Gasteiger partial charge in [-0.3, -0.25) is 9.80 Å². The highest BCUT2D eigenvalue weighted by molar-refractivity contribution is 5.75. The number of nitrogens with one attached hydrogen (secondary N) is 1. The number of amides is 1. The number of hydrogen-bond donors (Lipinski definition) is 1. The van der Waals surface area contributed by atoms with Crippen molar-refractivity contribution in [3.63, 3.8) is 0 Å². The molecule has 0 radical (unpaired) electrons. The van der Waals surface area contributed by atoms with Crippen LogP contribution in [-0.2, 0) is 4.79 Å². The lowest BCUT2D eigenvalue weighted by Crippen LogP contribution is -2.45. The minimum absolute atomic E-state index is 0.186. The molecular weight excluding hydrogens is 190 g/mol. The largest absolute Gasteiger partial charge is 0.319 e. The number of nitrogens with zero attached hydrogens (tertiary/aromatic N) is 2. The molecule has 0 aromatic carbocycles. The maximum absolute atomic E-state index is 11.7. The van der Waals surface area contributed by atoms with Crippen LogP contribution in [0.4, 0.5) is 0 Å². The Morgan fingerprint density at radius 1 is 1.20 bits per heavy atom. The van der Waals surface area contributed by atoms with Crippen molar-refractivity contribution < 1.29 is 4.79 Å². The first-order valence-electron chi connectivity index (χ1n) is 5.83. The maximum atomic E-state index is 11.7. The first kappa shape index (κ1) is 14.4. The summed E-state index contributed by atoms with van der Waals surface area (Å²) in [6.07, 6.45) is 2.71. The van der Waals surface area contributed by atoms with Gasteiger partial charge in [-0.25, -0.2) is 5.01 Å². The predicted molar refractivity (Wildman–Crippen MR) is 63.5 cm³/mol. The summed E-state index contributed by atoms with van der Waals surface area (Å²) in [5.74, 6) is 0.186. The quantitative estimate of drug-likeness (QED) is 0.616. The lowest BCUT2D eigenvalue weighted by atomic mass is 10.3.